The molecule has 4 rings (SSSR count). The molecule has 0 saturated heterocycles. The van der Waals surface area contributed by atoms with Crippen molar-refractivity contribution in [3.05, 3.63) is 117 Å². The smallest absolute Gasteiger partial charge is 0.248 e. The second-order valence-corrected chi connectivity index (χ2v) is 16.0. The number of hydrogen-bond donors (Lipinski definition) is 0. The minimum atomic E-state index is -3.51. The van der Waals surface area contributed by atoms with Gasteiger partial charge in [0, 0.05) is 21.2 Å². The predicted octanol–water partition coefficient (Wildman–Crippen LogP) is 8.23. The monoisotopic (exact) mass is 596 g/mol. The quantitative estimate of drug-likeness (QED) is 0.159. The molecule has 0 aliphatic carbocycles. The molecule has 42 heavy (non-hydrogen) atoms. The van der Waals surface area contributed by atoms with Crippen LogP contribution >= 0.6 is 14.6 Å². The first-order chi connectivity index (χ1) is 19.7. The van der Waals surface area contributed by atoms with Crippen molar-refractivity contribution in [1.29, 1.82) is 0 Å². The lowest BCUT2D eigenvalue weighted by molar-refractivity contribution is 0.586. The standard InChI is InChI=1S/C36H42N2O2P2/c1-23-15-11-16-24(2)33(23)41(39,34-25(3)17-12-18-26(34)4)37-31(9)32(10)38-42(40,35-27(5)19-13-20-28(35)6)36-29(7)21-14-22-30(36)8/h11-22H,1-10H3. The summed E-state index contributed by atoms with van der Waals surface area (Å²) in [6.45, 7) is 19.6. The molecule has 0 aliphatic rings. The molecule has 0 aromatic heterocycles. The lowest BCUT2D eigenvalue weighted by Crippen LogP contribution is -2.26. The first kappa shape index (κ1) is 31.6. The highest BCUT2D eigenvalue weighted by atomic mass is 31.2. The molecule has 0 amide bonds. The summed E-state index contributed by atoms with van der Waals surface area (Å²) < 4.78 is 41.0. The molecule has 0 fully saturated rings. The van der Waals surface area contributed by atoms with Crippen LogP contribution in [0.4, 0.5) is 0 Å². The van der Waals surface area contributed by atoms with E-state index in [2.05, 4.69) is 0 Å². The molecule has 218 valence electrons. The number of benzene rings is 4. The Morgan fingerprint density at radius 2 is 0.571 bits per heavy atom. The largest absolute Gasteiger partial charge is 0.288 e. The summed E-state index contributed by atoms with van der Waals surface area (Å²) >= 11 is 0. The Morgan fingerprint density at radius 3 is 0.738 bits per heavy atom. The topological polar surface area (TPSA) is 58.9 Å². The van der Waals surface area contributed by atoms with Gasteiger partial charge >= 0.3 is 0 Å². The van der Waals surface area contributed by atoms with Crippen molar-refractivity contribution < 1.29 is 9.13 Å². The Labute approximate surface area is 251 Å². The number of hydrogen-bond acceptors (Lipinski definition) is 2. The zero-order chi connectivity index (χ0) is 31.0. The summed E-state index contributed by atoms with van der Waals surface area (Å²) in [5.41, 5.74) is 8.50. The minimum Gasteiger partial charge on any atom is -0.288 e. The lowest BCUT2D eigenvalue weighted by atomic mass is 10.1. The van der Waals surface area contributed by atoms with E-state index in [-0.39, 0.29) is 0 Å². The van der Waals surface area contributed by atoms with Crippen molar-refractivity contribution >= 4 is 47.2 Å². The van der Waals surface area contributed by atoms with E-state index in [1.165, 1.54) is 0 Å². The van der Waals surface area contributed by atoms with Crippen LogP contribution in [0, 0.1) is 55.4 Å². The summed E-state index contributed by atoms with van der Waals surface area (Å²) in [5.74, 6) is 0. The summed E-state index contributed by atoms with van der Waals surface area (Å²) in [7, 11) is -7.03. The van der Waals surface area contributed by atoms with E-state index in [0.29, 0.717) is 11.4 Å². The number of nitrogens with zero attached hydrogens (tertiary/aromatic N) is 2. The van der Waals surface area contributed by atoms with Crippen molar-refractivity contribution in [3.63, 3.8) is 0 Å². The van der Waals surface area contributed by atoms with E-state index in [4.69, 9.17) is 9.53 Å². The Hall–Kier alpha value is -3.32. The van der Waals surface area contributed by atoms with Gasteiger partial charge in [-0.3, -0.25) is 9.13 Å². The van der Waals surface area contributed by atoms with E-state index in [1.807, 2.05) is 142 Å². The highest BCUT2D eigenvalue weighted by molar-refractivity contribution is 7.78. The van der Waals surface area contributed by atoms with Crippen LogP contribution in [-0.4, -0.2) is 11.4 Å². The third-order valence-corrected chi connectivity index (χ3v) is 14.5. The van der Waals surface area contributed by atoms with Gasteiger partial charge in [-0.15, -0.1) is 0 Å². The highest BCUT2D eigenvalue weighted by Crippen LogP contribution is 2.51. The molecule has 0 unspecified atom stereocenters. The molecule has 0 spiro atoms. The molecule has 0 heterocycles. The maximum atomic E-state index is 15.4. The molecule has 0 atom stereocenters. The van der Waals surface area contributed by atoms with Crippen LogP contribution in [0.2, 0.25) is 0 Å². The molecule has 4 aromatic rings. The first-order valence-corrected chi connectivity index (χ1v) is 17.7. The molecular formula is C36H42N2O2P2. The van der Waals surface area contributed by atoms with E-state index in [1.54, 1.807) is 0 Å². The molecule has 0 bridgehead atoms. The van der Waals surface area contributed by atoms with Crippen LogP contribution in [0.5, 0.6) is 0 Å². The van der Waals surface area contributed by atoms with Crippen molar-refractivity contribution in [2.45, 2.75) is 69.2 Å². The fraction of sp³-hybridized carbons (Fsp3) is 0.278. The molecular weight excluding hydrogens is 554 g/mol. The summed E-state index contributed by atoms with van der Waals surface area (Å²) in [4.78, 5) is 0. The van der Waals surface area contributed by atoms with Crippen molar-refractivity contribution in [3.8, 4) is 0 Å². The van der Waals surface area contributed by atoms with Gasteiger partial charge in [-0.05, 0) is 114 Å². The molecule has 0 N–H and O–H groups in total. The Kier molecular flexibility index (Phi) is 9.12. The predicted molar refractivity (Wildman–Crippen MR) is 184 cm³/mol. The van der Waals surface area contributed by atoms with Gasteiger partial charge in [-0.2, -0.15) is 0 Å². The third-order valence-electron chi connectivity index (χ3n) is 8.08. The second kappa shape index (κ2) is 12.1. The Balaban J connectivity index is 2.05. The third kappa shape index (κ3) is 5.68. The fourth-order valence-corrected chi connectivity index (χ4v) is 12.5. The van der Waals surface area contributed by atoms with E-state index < -0.39 is 14.6 Å². The maximum Gasteiger partial charge on any atom is 0.248 e. The SMILES string of the molecule is CC(=NP(=O)(c1c(C)cccc1C)c1c(C)cccc1C)C(C)=NP(=O)(c1c(C)cccc1C)c1c(C)cccc1C. The lowest BCUT2D eigenvalue weighted by Gasteiger charge is -2.25. The molecule has 4 nitrogen and oxygen atoms in total. The van der Waals surface area contributed by atoms with Crippen molar-refractivity contribution in [2.24, 2.45) is 9.53 Å². The van der Waals surface area contributed by atoms with Crippen LogP contribution in [0.15, 0.2) is 82.3 Å². The van der Waals surface area contributed by atoms with Gasteiger partial charge in [0.1, 0.15) is 0 Å². The van der Waals surface area contributed by atoms with Crippen LogP contribution in [0.3, 0.4) is 0 Å². The minimum absolute atomic E-state index is 0.515. The first-order valence-electron chi connectivity index (χ1n) is 14.3. The molecule has 0 aliphatic heterocycles. The van der Waals surface area contributed by atoms with Gasteiger partial charge in [0.15, 0.2) is 0 Å². The van der Waals surface area contributed by atoms with Gasteiger partial charge in [0.2, 0.25) is 14.6 Å². The molecule has 4 aromatic carbocycles. The summed E-state index contributed by atoms with van der Waals surface area (Å²) in [6, 6.07) is 23.9. The summed E-state index contributed by atoms with van der Waals surface area (Å²) in [5, 5.41) is 3.01. The van der Waals surface area contributed by atoms with Crippen LogP contribution < -0.4 is 21.2 Å². The van der Waals surface area contributed by atoms with E-state index in [0.717, 1.165) is 65.7 Å². The molecule has 6 heteroatoms. The van der Waals surface area contributed by atoms with Gasteiger partial charge < -0.3 is 0 Å². The van der Waals surface area contributed by atoms with Gasteiger partial charge in [0.05, 0.1) is 11.4 Å². The van der Waals surface area contributed by atoms with E-state index in [9.17, 15) is 0 Å². The number of aryl methyl sites for hydroxylation is 8. The van der Waals surface area contributed by atoms with Crippen molar-refractivity contribution in [2.75, 3.05) is 0 Å². The van der Waals surface area contributed by atoms with Gasteiger partial charge in [-0.1, -0.05) is 72.8 Å². The van der Waals surface area contributed by atoms with Crippen LogP contribution in [0.25, 0.3) is 0 Å². The molecule has 0 radical (unpaired) electrons. The Bertz CT molecular complexity index is 1520. The zero-order valence-electron chi connectivity index (χ0n) is 26.5. The second-order valence-electron chi connectivity index (χ2n) is 11.5. The normalized spacial score (nSPS) is 13.0. The average molecular weight is 597 g/mol. The fourth-order valence-electron chi connectivity index (χ4n) is 6.13. The highest BCUT2D eigenvalue weighted by Gasteiger charge is 2.36. The average Bonchev–Trinajstić information content (AvgIpc) is 2.88. The molecule has 0 saturated carbocycles. The Morgan fingerprint density at radius 1 is 0.405 bits per heavy atom. The summed E-state index contributed by atoms with van der Waals surface area (Å²) in [6.07, 6.45) is 0. The zero-order valence-corrected chi connectivity index (χ0v) is 28.3. The van der Waals surface area contributed by atoms with Crippen LogP contribution in [0.1, 0.15) is 58.4 Å². The van der Waals surface area contributed by atoms with Gasteiger partial charge in [0.25, 0.3) is 0 Å². The van der Waals surface area contributed by atoms with Crippen LogP contribution in [-0.2, 0) is 9.13 Å². The van der Waals surface area contributed by atoms with E-state index >= 15 is 9.13 Å². The van der Waals surface area contributed by atoms with Crippen molar-refractivity contribution in [1.82, 2.24) is 0 Å². The number of rotatable bonds is 7. The van der Waals surface area contributed by atoms with Gasteiger partial charge in [-0.25, -0.2) is 9.53 Å². The maximum absolute atomic E-state index is 15.4.